The molecule has 2 heteroatoms. The molecule has 0 aromatic rings. The van der Waals surface area contributed by atoms with Crippen molar-refractivity contribution in [2.45, 2.75) is 58.5 Å². The van der Waals surface area contributed by atoms with Crippen molar-refractivity contribution in [2.75, 3.05) is 26.7 Å². The molecule has 0 atom stereocenters. The lowest BCUT2D eigenvalue weighted by molar-refractivity contribution is 0.0961. The zero-order chi connectivity index (χ0) is 11.5. The van der Waals surface area contributed by atoms with Crippen molar-refractivity contribution in [3.05, 3.63) is 0 Å². The zero-order valence-electron chi connectivity index (χ0n) is 11.2. The predicted octanol–water partition coefficient (Wildman–Crippen LogP) is 2.59. The summed E-state index contributed by atoms with van der Waals surface area (Å²) in [5.41, 5.74) is 0.305. The minimum Gasteiger partial charge on any atom is -0.300 e. The smallest absolute Gasteiger partial charge is 0.0122 e. The Labute approximate surface area is 95.6 Å². The van der Waals surface area contributed by atoms with Gasteiger partial charge >= 0.3 is 0 Å². The topological polar surface area (TPSA) is 6.48 Å². The van der Waals surface area contributed by atoms with Crippen LogP contribution in [0.5, 0.6) is 0 Å². The van der Waals surface area contributed by atoms with Crippen molar-refractivity contribution in [1.82, 2.24) is 9.80 Å². The van der Waals surface area contributed by atoms with Crippen LogP contribution in [-0.4, -0.2) is 48.1 Å². The van der Waals surface area contributed by atoms with E-state index >= 15 is 0 Å². The molecule has 0 radical (unpaired) electrons. The quantitative estimate of drug-likeness (QED) is 0.691. The third-order valence-corrected chi connectivity index (χ3v) is 3.87. The standard InChI is InChI=1S/C13H28N2/c1-6-15(12-8-7-9-12)11-10-14(5)13(2,3)4/h12H,6-11H2,1-5H3. The van der Waals surface area contributed by atoms with Gasteiger partial charge in [-0.15, -0.1) is 0 Å². The van der Waals surface area contributed by atoms with Crippen LogP contribution in [0.25, 0.3) is 0 Å². The molecule has 90 valence electrons. The predicted molar refractivity (Wildman–Crippen MR) is 67.3 cm³/mol. The Morgan fingerprint density at radius 1 is 1.13 bits per heavy atom. The number of likely N-dealkylation sites (N-methyl/N-ethyl adjacent to an activating group) is 2. The molecule has 2 nitrogen and oxygen atoms in total. The van der Waals surface area contributed by atoms with E-state index in [0.717, 1.165) is 6.04 Å². The fraction of sp³-hybridized carbons (Fsp3) is 1.00. The van der Waals surface area contributed by atoms with Crippen LogP contribution in [0.3, 0.4) is 0 Å². The maximum absolute atomic E-state index is 2.64. The zero-order valence-corrected chi connectivity index (χ0v) is 11.2. The molecule has 0 spiro atoms. The maximum atomic E-state index is 2.64. The second-order valence-corrected chi connectivity index (χ2v) is 5.81. The molecule has 0 saturated heterocycles. The SMILES string of the molecule is CCN(CCN(C)C(C)(C)C)C1CCC1. The van der Waals surface area contributed by atoms with Gasteiger partial charge in [0.05, 0.1) is 0 Å². The lowest BCUT2D eigenvalue weighted by atomic mass is 9.91. The summed E-state index contributed by atoms with van der Waals surface area (Å²) in [5, 5.41) is 0. The minimum atomic E-state index is 0.305. The number of hydrogen-bond donors (Lipinski definition) is 0. The van der Waals surface area contributed by atoms with Crippen LogP contribution in [0.15, 0.2) is 0 Å². The van der Waals surface area contributed by atoms with Gasteiger partial charge in [-0.1, -0.05) is 13.3 Å². The number of hydrogen-bond acceptors (Lipinski definition) is 2. The van der Waals surface area contributed by atoms with Crippen molar-refractivity contribution in [1.29, 1.82) is 0 Å². The molecule has 0 aromatic carbocycles. The second-order valence-electron chi connectivity index (χ2n) is 5.81. The van der Waals surface area contributed by atoms with Crippen LogP contribution in [0.2, 0.25) is 0 Å². The summed E-state index contributed by atoms with van der Waals surface area (Å²) >= 11 is 0. The molecule has 0 N–H and O–H groups in total. The Kier molecular flexibility index (Phi) is 4.60. The Morgan fingerprint density at radius 3 is 2.07 bits per heavy atom. The van der Waals surface area contributed by atoms with Gasteiger partial charge in [0.1, 0.15) is 0 Å². The maximum Gasteiger partial charge on any atom is 0.0122 e. The summed E-state index contributed by atoms with van der Waals surface area (Å²) in [7, 11) is 2.23. The van der Waals surface area contributed by atoms with Crippen LogP contribution in [0, 0.1) is 0 Å². The van der Waals surface area contributed by atoms with E-state index in [-0.39, 0.29) is 0 Å². The van der Waals surface area contributed by atoms with Crippen molar-refractivity contribution < 1.29 is 0 Å². The van der Waals surface area contributed by atoms with Gasteiger partial charge in [-0.3, -0.25) is 4.90 Å². The molecule has 1 fully saturated rings. The Hall–Kier alpha value is -0.0800. The first-order chi connectivity index (χ1) is 6.95. The van der Waals surface area contributed by atoms with Gasteiger partial charge in [0.15, 0.2) is 0 Å². The third kappa shape index (κ3) is 3.76. The molecule has 1 aliphatic carbocycles. The average Bonchev–Trinajstić information content (AvgIpc) is 2.06. The summed E-state index contributed by atoms with van der Waals surface area (Å²) in [6, 6.07) is 0.892. The molecular weight excluding hydrogens is 184 g/mol. The summed E-state index contributed by atoms with van der Waals surface area (Å²) in [4.78, 5) is 5.10. The van der Waals surface area contributed by atoms with E-state index < -0.39 is 0 Å². The number of nitrogens with zero attached hydrogens (tertiary/aromatic N) is 2. The monoisotopic (exact) mass is 212 g/mol. The van der Waals surface area contributed by atoms with E-state index in [4.69, 9.17) is 0 Å². The van der Waals surface area contributed by atoms with Crippen molar-refractivity contribution >= 4 is 0 Å². The van der Waals surface area contributed by atoms with Gasteiger partial charge in [0, 0.05) is 24.7 Å². The molecule has 0 amide bonds. The van der Waals surface area contributed by atoms with E-state index in [1.165, 1.54) is 38.9 Å². The van der Waals surface area contributed by atoms with E-state index in [9.17, 15) is 0 Å². The van der Waals surface area contributed by atoms with Crippen LogP contribution >= 0.6 is 0 Å². The summed E-state index contributed by atoms with van der Waals surface area (Å²) < 4.78 is 0. The molecule has 1 saturated carbocycles. The highest BCUT2D eigenvalue weighted by Gasteiger charge is 2.24. The molecule has 15 heavy (non-hydrogen) atoms. The summed E-state index contributed by atoms with van der Waals surface area (Å²) in [5.74, 6) is 0. The lowest BCUT2D eigenvalue weighted by Gasteiger charge is -2.39. The second kappa shape index (κ2) is 5.31. The molecular formula is C13H28N2. The highest BCUT2D eigenvalue weighted by Crippen LogP contribution is 2.24. The van der Waals surface area contributed by atoms with Gasteiger partial charge < -0.3 is 4.90 Å². The molecule has 1 rings (SSSR count). The van der Waals surface area contributed by atoms with Crippen LogP contribution in [0.4, 0.5) is 0 Å². The summed E-state index contributed by atoms with van der Waals surface area (Å²) in [6.07, 6.45) is 4.29. The fourth-order valence-electron chi connectivity index (χ4n) is 1.96. The van der Waals surface area contributed by atoms with Crippen molar-refractivity contribution in [2.24, 2.45) is 0 Å². The van der Waals surface area contributed by atoms with Gasteiger partial charge in [-0.2, -0.15) is 0 Å². The molecule has 1 aliphatic rings. The van der Waals surface area contributed by atoms with Crippen molar-refractivity contribution in [3.63, 3.8) is 0 Å². The third-order valence-electron chi connectivity index (χ3n) is 3.87. The van der Waals surface area contributed by atoms with Crippen LogP contribution in [-0.2, 0) is 0 Å². The van der Waals surface area contributed by atoms with Gasteiger partial charge in [0.2, 0.25) is 0 Å². The van der Waals surface area contributed by atoms with E-state index in [1.807, 2.05) is 0 Å². The first kappa shape index (κ1) is 13.0. The largest absolute Gasteiger partial charge is 0.300 e. The van der Waals surface area contributed by atoms with E-state index in [2.05, 4.69) is 44.5 Å². The Bertz CT molecular complexity index is 179. The van der Waals surface area contributed by atoms with Gasteiger partial charge in [-0.25, -0.2) is 0 Å². The van der Waals surface area contributed by atoms with E-state index in [1.54, 1.807) is 0 Å². The van der Waals surface area contributed by atoms with Gasteiger partial charge in [-0.05, 0) is 47.2 Å². The molecule has 0 heterocycles. The Morgan fingerprint density at radius 2 is 1.73 bits per heavy atom. The normalized spacial score (nSPS) is 18.6. The minimum absolute atomic E-state index is 0.305. The first-order valence-corrected chi connectivity index (χ1v) is 6.40. The van der Waals surface area contributed by atoms with Crippen LogP contribution < -0.4 is 0 Å². The lowest BCUT2D eigenvalue weighted by Crippen LogP contribution is -2.47. The highest BCUT2D eigenvalue weighted by atomic mass is 15.2. The fourth-order valence-corrected chi connectivity index (χ4v) is 1.96. The van der Waals surface area contributed by atoms with E-state index in [0.29, 0.717) is 5.54 Å². The average molecular weight is 212 g/mol. The number of rotatable bonds is 5. The Balaban J connectivity index is 2.27. The molecule has 0 unspecified atom stereocenters. The summed E-state index contributed by atoms with van der Waals surface area (Å²) in [6.45, 7) is 12.8. The first-order valence-electron chi connectivity index (χ1n) is 6.40. The molecule has 0 aromatic heterocycles. The van der Waals surface area contributed by atoms with Crippen LogP contribution in [0.1, 0.15) is 47.0 Å². The van der Waals surface area contributed by atoms with Crippen molar-refractivity contribution in [3.8, 4) is 0 Å². The molecule has 0 aliphatic heterocycles. The molecule has 0 bridgehead atoms. The highest BCUT2D eigenvalue weighted by molar-refractivity contribution is 4.81. The van der Waals surface area contributed by atoms with Gasteiger partial charge in [0.25, 0.3) is 0 Å².